The number of amides is 1. The number of nitrogens with zero attached hydrogens (tertiary/aromatic N) is 1. The highest BCUT2D eigenvalue weighted by Gasteiger charge is 2.37. The highest BCUT2D eigenvalue weighted by Crippen LogP contribution is 2.39. The van der Waals surface area contributed by atoms with E-state index in [-0.39, 0.29) is 11.9 Å². The van der Waals surface area contributed by atoms with E-state index in [4.69, 9.17) is 14.2 Å². The predicted molar refractivity (Wildman–Crippen MR) is 100 cm³/mol. The Labute approximate surface area is 155 Å². The van der Waals surface area contributed by atoms with Gasteiger partial charge in [-0.25, -0.2) is 0 Å². The number of likely N-dealkylation sites (tertiary alicyclic amines) is 1. The first-order chi connectivity index (χ1) is 12.6. The Morgan fingerprint density at radius 1 is 1.08 bits per heavy atom. The Morgan fingerprint density at radius 2 is 1.77 bits per heavy atom. The average molecular weight is 362 g/mol. The number of fused-ring (bicyclic) bond motifs is 1. The molecular formula is C20H30N2O4. The molecule has 0 spiro atoms. The molecule has 26 heavy (non-hydrogen) atoms. The number of ether oxygens (including phenoxy) is 3. The van der Waals surface area contributed by atoms with E-state index in [1.54, 1.807) is 33.5 Å². The Hall–Kier alpha value is -1.95. The summed E-state index contributed by atoms with van der Waals surface area (Å²) in [5.41, 5.74) is 0.537. The van der Waals surface area contributed by atoms with Crippen molar-refractivity contribution in [3.63, 3.8) is 0 Å². The first kappa shape index (κ1) is 18.8. The topological polar surface area (TPSA) is 60.0 Å². The van der Waals surface area contributed by atoms with Gasteiger partial charge < -0.3 is 24.4 Å². The fourth-order valence-corrected chi connectivity index (χ4v) is 4.52. The molecule has 6 heteroatoms. The molecule has 2 aliphatic rings. The van der Waals surface area contributed by atoms with Gasteiger partial charge in [-0.3, -0.25) is 4.79 Å². The molecule has 3 rings (SSSR count). The summed E-state index contributed by atoms with van der Waals surface area (Å²) < 4.78 is 16.1. The molecule has 3 atom stereocenters. The molecule has 1 N–H and O–H groups in total. The summed E-state index contributed by atoms with van der Waals surface area (Å²) in [5.74, 6) is 2.68. The minimum atomic E-state index is -0.0752. The van der Waals surface area contributed by atoms with Crippen LogP contribution in [0.5, 0.6) is 17.2 Å². The van der Waals surface area contributed by atoms with Gasteiger partial charge in [-0.1, -0.05) is 6.42 Å². The summed E-state index contributed by atoms with van der Waals surface area (Å²) >= 11 is 0. The molecule has 2 fully saturated rings. The summed E-state index contributed by atoms with van der Waals surface area (Å²) in [5, 5.41) is 3.28. The zero-order valence-corrected chi connectivity index (χ0v) is 16.2. The second kappa shape index (κ2) is 8.16. The van der Waals surface area contributed by atoms with Gasteiger partial charge in [0, 0.05) is 18.2 Å². The van der Waals surface area contributed by atoms with E-state index in [1.165, 1.54) is 12.8 Å². The lowest BCUT2D eigenvalue weighted by Gasteiger charge is -2.44. The van der Waals surface area contributed by atoms with Crippen molar-refractivity contribution in [1.29, 1.82) is 0 Å². The van der Waals surface area contributed by atoms with Crippen molar-refractivity contribution in [3.8, 4) is 17.2 Å². The van der Waals surface area contributed by atoms with Crippen LogP contribution in [0.15, 0.2) is 12.1 Å². The van der Waals surface area contributed by atoms with Gasteiger partial charge in [0.1, 0.15) is 0 Å². The SMILES string of the molecule is COc1cc(C(=O)N[C@H]2CCCC3CN(C)CCC32)cc(OC)c1OC. The minimum Gasteiger partial charge on any atom is -0.493 e. The molecule has 1 saturated heterocycles. The highest BCUT2D eigenvalue weighted by atomic mass is 16.5. The van der Waals surface area contributed by atoms with Crippen LogP contribution < -0.4 is 19.5 Å². The van der Waals surface area contributed by atoms with E-state index in [9.17, 15) is 4.79 Å². The van der Waals surface area contributed by atoms with Crippen LogP contribution in [0.2, 0.25) is 0 Å². The summed E-state index contributed by atoms with van der Waals surface area (Å²) in [6.45, 7) is 2.25. The molecule has 1 heterocycles. The number of piperidine rings is 1. The summed E-state index contributed by atoms with van der Waals surface area (Å²) in [7, 11) is 6.86. The third kappa shape index (κ3) is 3.75. The quantitative estimate of drug-likeness (QED) is 0.872. The van der Waals surface area contributed by atoms with Crippen LogP contribution >= 0.6 is 0 Å². The minimum absolute atomic E-state index is 0.0752. The maximum atomic E-state index is 12.9. The second-order valence-corrected chi connectivity index (χ2v) is 7.40. The molecule has 1 amide bonds. The standard InChI is InChI=1S/C20H30N2O4/c1-22-9-8-15-13(12-22)6-5-7-16(15)21-20(23)14-10-17(24-2)19(26-4)18(11-14)25-3/h10-11,13,15-16H,5-9,12H2,1-4H3,(H,21,23)/t13?,15?,16-/m0/s1. The number of hydrogen-bond donors (Lipinski definition) is 1. The van der Waals surface area contributed by atoms with Gasteiger partial charge >= 0.3 is 0 Å². The van der Waals surface area contributed by atoms with Crippen molar-refractivity contribution < 1.29 is 19.0 Å². The largest absolute Gasteiger partial charge is 0.493 e. The van der Waals surface area contributed by atoms with Gasteiger partial charge in [-0.2, -0.15) is 0 Å². The monoisotopic (exact) mass is 362 g/mol. The van der Waals surface area contributed by atoms with Gasteiger partial charge in [-0.15, -0.1) is 0 Å². The molecule has 1 saturated carbocycles. The van der Waals surface area contributed by atoms with E-state index in [1.807, 2.05) is 0 Å². The van der Waals surface area contributed by atoms with Gasteiger partial charge in [0.15, 0.2) is 11.5 Å². The molecule has 1 aromatic carbocycles. The molecule has 0 bridgehead atoms. The predicted octanol–water partition coefficient (Wildman–Crippen LogP) is 2.56. The molecule has 6 nitrogen and oxygen atoms in total. The van der Waals surface area contributed by atoms with Crippen molar-refractivity contribution in [2.24, 2.45) is 11.8 Å². The third-order valence-corrected chi connectivity index (χ3v) is 5.85. The molecule has 1 aliphatic heterocycles. The van der Waals surface area contributed by atoms with Crippen molar-refractivity contribution >= 4 is 5.91 Å². The van der Waals surface area contributed by atoms with E-state index in [0.717, 1.165) is 25.9 Å². The van der Waals surface area contributed by atoms with Crippen molar-refractivity contribution in [2.45, 2.75) is 31.7 Å². The molecule has 0 aromatic heterocycles. The van der Waals surface area contributed by atoms with Crippen molar-refractivity contribution in [2.75, 3.05) is 41.5 Å². The Morgan fingerprint density at radius 3 is 2.38 bits per heavy atom. The number of carbonyl (C=O) groups is 1. The van der Waals surface area contributed by atoms with E-state index in [2.05, 4.69) is 17.3 Å². The van der Waals surface area contributed by atoms with Crippen molar-refractivity contribution in [1.82, 2.24) is 10.2 Å². The van der Waals surface area contributed by atoms with Gasteiger partial charge in [0.2, 0.25) is 5.75 Å². The highest BCUT2D eigenvalue weighted by molar-refractivity contribution is 5.95. The lowest BCUT2D eigenvalue weighted by molar-refractivity contribution is 0.0661. The van der Waals surface area contributed by atoms with Crippen LogP contribution in [0.1, 0.15) is 36.0 Å². The van der Waals surface area contributed by atoms with Crippen LogP contribution in [0.3, 0.4) is 0 Å². The zero-order chi connectivity index (χ0) is 18.7. The second-order valence-electron chi connectivity index (χ2n) is 7.40. The van der Waals surface area contributed by atoms with E-state index >= 15 is 0 Å². The number of nitrogens with one attached hydrogen (secondary N) is 1. The number of rotatable bonds is 5. The summed E-state index contributed by atoms with van der Waals surface area (Å²) in [6, 6.07) is 3.67. The Balaban J connectivity index is 1.77. The van der Waals surface area contributed by atoms with E-state index in [0.29, 0.717) is 34.6 Å². The number of hydrogen-bond acceptors (Lipinski definition) is 5. The lowest BCUT2D eigenvalue weighted by atomic mass is 9.72. The Bertz CT molecular complexity index is 624. The van der Waals surface area contributed by atoms with Crippen LogP contribution in [-0.2, 0) is 0 Å². The van der Waals surface area contributed by atoms with Crippen LogP contribution in [0.25, 0.3) is 0 Å². The summed E-state index contributed by atoms with van der Waals surface area (Å²) in [4.78, 5) is 15.3. The first-order valence-corrected chi connectivity index (χ1v) is 9.36. The lowest BCUT2D eigenvalue weighted by Crippen LogP contribution is -2.51. The summed E-state index contributed by atoms with van der Waals surface area (Å²) in [6.07, 6.45) is 4.66. The normalized spacial score (nSPS) is 25.9. The molecule has 1 aromatic rings. The van der Waals surface area contributed by atoms with E-state index < -0.39 is 0 Å². The zero-order valence-electron chi connectivity index (χ0n) is 16.2. The van der Waals surface area contributed by atoms with Crippen LogP contribution in [-0.4, -0.2) is 58.3 Å². The molecule has 2 unspecified atom stereocenters. The average Bonchev–Trinajstić information content (AvgIpc) is 2.66. The molecule has 0 radical (unpaired) electrons. The number of benzene rings is 1. The maximum Gasteiger partial charge on any atom is 0.251 e. The fourth-order valence-electron chi connectivity index (χ4n) is 4.52. The van der Waals surface area contributed by atoms with Crippen LogP contribution in [0, 0.1) is 11.8 Å². The molecular weight excluding hydrogens is 332 g/mol. The third-order valence-electron chi connectivity index (χ3n) is 5.85. The smallest absolute Gasteiger partial charge is 0.251 e. The fraction of sp³-hybridized carbons (Fsp3) is 0.650. The number of methoxy groups -OCH3 is 3. The molecule has 1 aliphatic carbocycles. The van der Waals surface area contributed by atoms with Crippen LogP contribution in [0.4, 0.5) is 0 Å². The first-order valence-electron chi connectivity index (χ1n) is 9.36. The van der Waals surface area contributed by atoms with Crippen molar-refractivity contribution in [3.05, 3.63) is 17.7 Å². The maximum absolute atomic E-state index is 12.9. The van der Waals surface area contributed by atoms with Gasteiger partial charge in [0.25, 0.3) is 5.91 Å². The van der Waals surface area contributed by atoms with Gasteiger partial charge in [0.05, 0.1) is 21.3 Å². The van der Waals surface area contributed by atoms with Gasteiger partial charge in [-0.05, 0) is 56.8 Å². The molecule has 144 valence electrons. The number of carbonyl (C=O) groups excluding carboxylic acids is 1. The Kier molecular flexibility index (Phi) is 5.91.